The molecule has 1 saturated heterocycles. The molecule has 25 heavy (non-hydrogen) atoms. The summed E-state index contributed by atoms with van der Waals surface area (Å²) in [5, 5.41) is 4.28. The number of amides is 1. The molecule has 2 aromatic rings. The van der Waals surface area contributed by atoms with Crippen LogP contribution in [0.5, 0.6) is 0 Å². The first-order valence-corrected chi connectivity index (χ1v) is 9.34. The van der Waals surface area contributed by atoms with Gasteiger partial charge in [-0.05, 0) is 61.8 Å². The Balaban J connectivity index is 1.44. The first-order chi connectivity index (χ1) is 12.2. The minimum Gasteiger partial charge on any atom is -0.456 e. The van der Waals surface area contributed by atoms with Crippen LogP contribution < -0.4 is 0 Å². The smallest absolute Gasteiger partial charge is 0.290 e. The van der Waals surface area contributed by atoms with Gasteiger partial charge in [-0.25, -0.2) is 0 Å². The van der Waals surface area contributed by atoms with E-state index < -0.39 is 0 Å². The molecule has 5 heteroatoms. The fourth-order valence-electron chi connectivity index (χ4n) is 4.75. The van der Waals surface area contributed by atoms with Crippen LogP contribution in [0.15, 0.2) is 28.8 Å². The average molecular weight is 337 g/mol. The Morgan fingerprint density at radius 2 is 2.16 bits per heavy atom. The average Bonchev–Trinajstić information content (AvgIpc) is 3.30. The zero-order valence-corrected chi connectivity index (χ0v) is 14.6. The highest BCUT2D eigenvalue weighted by Gasteiger charge is 2.41. The lowest BCUT2D eigenvalue weighted by atomic mass is 9.97. The first-order valence-electron chi connectivity index (χ1n) is 9.34. The number of hydrogen-bond donors (Lipinski definition) is 0. The van der Waals surface area contributed by atoms with E-state index in [0.717, 1.165) is 43.6 Å². The zero-order valence-electron chi connectivity index (χ0n) is 14.6. The summed E-state index contributed by atoms with van der Waals surface area (Å²) in [7, 11) is 1.98. The van der Waals surface area contributed by atoms with Crippen molar-refractivity contribution in [3.8, 4) is 0 Å². The van der Waals surface area contributed by atoms with Gasteiger partial charge < -0.3 is 9.32 Å². The van der Waals surface area contributed by atoms with E-state index in [2.05, 4.69) is 22.1 Å². The summed E-state index contributed by atoms with van der Waals surface area (Å²) in [4.78, 5) is 15.2. The molecule has 3 aliphatic rings. The minimum atomic E-state index is 0.0715. The third kappa shape index (κ3) is 2.36. The summed E-state index contributed by atoms with van der Waals surface area (Å²) in [5.74, 6) is 1.65. The lowest BCUT2D eigenvalue weighted by molar-refractivity contribution is 0.0657. The van der Waals surface area contributed by atoms with Gasteiger partial charge in [0.05, 0.1) is 11.7 Å². The van der Waals surface area contributed by atoms with E-state index >= 15 is 0 Å². The van der Waals surface area contributed by atoms with Gasteiger partial charge in [0.1, 0.15) is 5.76 Å². The first kappa shape index (κ1) is 15.0. The maximum atomic E-state index is 13.1. The molecule has 0 spiro atoms. The molecule has 2 unspecified atom stereocenters. The summed E-state index contributed by atoms with van der Waals surface area (Å²) in [6.07, 6.45) is 11.5. The predicted octanol–water partition coefficient (Wildman–Crippen LogP) is 3.35. The van der Waals surface area contributed by atoms with Crippen LogP contribution in [-0.4, -0.2) is 32.7 Å². The van der Waals surface area contributed by atoms with Crippen LogP contribution in [0.3, 0.4) is 0 Å². The number of aromatic nitrogens is 2. The van der Waals surface area contributed by atoms with Crippen LogP contribution >= 0.6 is 0 Å². The molecule has 2 bridgehead atoms. The summed E-state index contributed by atoms with van der Waals surface area (Å²) >= 11 is 0. The SMILES string of the molecule is Cn1nccc1C1=CC2CCC(C1)N2C(=O)c1cc2c(o1)CCCC2. The molecule has 0 aromatic carbocycles. The van der Waals surface area contributed by atoms with Crippen molar-refractivity contribution in [1.29, 1.82) is 0 Å². The number of carbonyl (C=O) groups is 1. The number of fused-ring (bicyclic) bond motifs is 3. The molecule has 1 amide bonds. The standard InChI is InChI=1S/C20H23N3O2/c1-22-17(8-9-21-22)14-10-15-6-7-16(11-14)23(15)20(24)19-12-13-4-2-3-5-18(13)25-19/h8-10,12,15-16H,2-7,11H2,1H3. The number of aryl methyl sites for hydroxylation is 3. The third-order valence-corrected chi connectivity index (χ3v) is 5.99. The van der Waals surface area contributed by atoms with E-state index in [9.17, 15) is 4.79 Å². The highest BCUT2D eigenvalue weighted by molar-refractivity contribution is 5.93. The highest BCUT2D eigenvalue weighted by Crippen LogP contribution is 2.39. The van der Waals surface area contributed by atoms with Gasteiger partial charge in [-0.2, -0.15) is 5.10 Å². The largest absolute Gasteiger partial charge is 0.456 e. The Kier molecular flexibility index (Phi) is 3.37. The Morgan fingerprint density at radius 1 is 1.28 bits per heavy atom. The predicted molar refractivity (Wildman–Crippen MR) is 94.1 cm³/mol. The maximum absolute atomic E-state index is 13.1. The van der Waals surface area contributed by atoms with E-state index in [1.165, 1.54) is 24.0 Å². The molecule has 5 nitrogen and oxygen atoms in total. The Morgan fingerprint density at radius 3 is 2.92 bits per heavy atom. The van der Waals surface area contributed by atoms with Crippen molar-refractivity contribution < 1.29 is 9.21 Å². The van der Waals surface area contributed by atoms with Gasteiger partial charge in [-0.15, -0.1) is 0 Å². The number of carbonyl (C=O) groups excluding carboxylic acids is 1. The summed E-state index contributed by atoms with van der Waals surface area (Å²) in [5.41, 5.74) is 3.72. The van der Waals surface area contributed by atoms with Crippen LogP contribution in [-0.2, 0) is 19.9 Å². The molecule has 4 heterocycles. The molecule has 5 rings (SSSR count). The molecule has 0 radical (unpaired) electrons. The van der Waals surface area contributed by atoms with Crippen molar-refractivity contribution in [3.05, 3.63) is 47.2 Å². The molecule has 1 aliphatic carbocycles. The van der Waals surface area contributed by atoms with E-state index in [4.69, 9.17) is 4.42 Å². The monoisotopic (exact) mass is 337 g/mol. The molecule has 1 fully saturated rings. The van der Waals surface area contributed by atoms with Crippen molar-refractivity contribution >= 4 is 11.5 Å². The number of rotatable bonds is 2. The molecule has 0 N–H and O–H groups in total. The number of furan rings is 1. The number of hydrogen-bond acceptors (Lipinski definition) is 3. The quantitative estimate of drug-likeness (QED) is 0.844. The van der Waals surface area contributed by atoms with Crippen LogP contribution in [0.1, 0.15) is 59.7 Å². The van der Waals surface area contributed by atoms with Gasteiger partial charge in [-0.3, -0.25) is 9.48 Å². The normalized spacial score (nSPS) is 25.0. The number of nitrogens with zero attached hydrogens (tertiary/aromatic N) is 3. The van der Waals surface area contributed by atoms with Gasteiger partial charge in [0, 0.05) is 25.7 Å². The van der Waals surface area contributed by atoms with Crippen molar-refractivity contribution in [1.82, 2.24) is 14.7 Å². The molecule has 130 valence electrons. The van der Waals surface area contributed by atoms with Gasteiger partial charge >= 0.3 is 0 Å². The second kappa shape index (κ2) is 5.61. The maximum Gasteiger partial charge on any atom is 0.290 e. The Bertz CT molecular complexity index is 837. The molecule has 2 atom stereocenters. The van der Waals surface area contributed by atoms with Crippen molar-refractivity contribution in [2.24, 2.45) is 7.05 Å². The molecular formula is C20H23N3O2. The Labute approximate surface area is 147 Å². The van der Waals surface area contributed by atoms with Crippen molar-refractivity contribution in [2.75, 3.05) is 0 Å². The third-order valence-electron chi connectivity index (χ3n) is 5.99. The van der Waals surface area contributed by atoms with Crippen LogP contribution in [0, 0.1) is 0 Å². The van der Waals surface area contributed by atoms with Crippen molar-refractivity contribution in [2.45, 2.75) is 57.0 Å². The van der Waals surface area contributed by atoms with Crippen LogP contribution in [0.4, 0.5) is 0 Å². The summed E-state index contributed by atoms with van der Waals surface area (Å²) in [6.45, 7) is 0. The lowest BCUT2D eigenvalue weighted by Gasteiger charge is -2.33. The topological polar surface area (TPSA) is 51.3 Å². The van der Waals surface area contributed by atoms with E-state index in [-0.39, 0.29) is 18.0 Å². The second-order valence-electron chi connectivity index (χ2n) is 7.51. The fourth-order valence-corrected chi connectivity index (χ4v) is 4.75. The lowest BCUT2D eigenvalue weighted by Crippen LogP contribution is -2.42. The van der Waals surface area contributed by atoms with E-state index in [1.807, 2.05) is 24.0 Å². The highest BCUT2D eigenvalue weighted by atomic mass is 16.4. The molecular weight excluding hydrogens is 314 g/mol. The van der Waals surface area contributed by atoms with Gasteiger partial charge in [0.15, 0.2) is 5.76 Å². The van der Waals surface area contributed by atoms with E-state index in [0.29, 0.717) is 5.76 Å². The van der Waals surface area contributed by atoms with Gasteiger partial charge in [0.2, 0.25) is 0 Å². The van der Waals surface area contributed by atoms with E-state index in [1.54, 1.807) is 0 Å². The van der Waals surface area contributed by atoms with Crippen LogP contribution in [0.2, 0.25) is 0 Å². The van der Waals surface area contributed by atoms with Crippen LogP contribution in [0.25, 0.3) is 5.57 Å². The van der Waals surface area contributed by atoms with Gasteiger partial charge in [0.25, 0.3) is 5.91 Å². The fraction of sp³-hybridized carbons (Fsp3) is 0.500. The summed E-state index contributed by atoms with van der Waals surface area (Å²) in [6, 6.07) is 4.51. The Hall–Kier alpha value is -2.30. The molecule has 0 saturated carbocycles. The molecule has 2 aromatic heterocycles. The summed E-state index contributed by atoms with van der Waals surface area (Å²) < 4.78 is 7.86. The zero-order chi connectivity index (χ0) is 17.0. The van der Waals surface area contributed by atoms with Gasteiger partial charge in [-0.1, -0.05) is 6.08 Å². The second-order valence-corrected chi connectivity index (χ2v) is 7.51. The molecule has 2 aliphatic heterocycles. The van der Waals surface area contributed by atoms with Crippen molar-refractivity contribution in [3.63, 3.8) is 0 Å². The minimum absolute atomic E-state index is 0.0715.